The summed E-state index contributed by atoms with van der Waals surface area (Å²) < 4.78 is 46.0. The maximum Gasteiger partial charge on any atom is 0.249 e. The molecule has 8 nitrogen and oxygen atoms in total. The molecule has 2 aromatic carbocycles. The van der Waals surface area contributed by atoms with E-state index in [2.05, 4.69) is 16.8 Å². The zero-order valence-corrected chi connectivity index (χ0v) is 21.9. The van der Waals surface area contributed by atoms with E-state index >= 15 is 0 Å². The van der Waals surface area contributed by atoms with Gasteiger partial charge in [-0.2, -0.15) is 0 Å². The largest absolute Gasteiger partial charge is 0.497 e. The van der Waals surface area contributed by atoms with Crippen molar-refractivity contribution in [3.05, 3.63) is 70.7 Å². The molecule has 11 heteroatoms. The molecule has 1 aromatic heterocycles. The second-order valence-electron chi connectivity index (χ2n) is 9.84. The van der Waals surface area contributed by atoms with Crippen molar-refractivity contribution in [3.8, 4) is 17.6 Å². The number of nitrogens with zero attached hydrogens (tertiary/aromatic N) is 2. The molecule has 2 heterocycles. The van der Waals surface area contributed by atoms with E-state index in [-0.39, 0.29) is 31.6 Å². The predicted molar refractivity (Wildman–Crippen MR) is 140 cm³/mol. The molecule has 40 heavy (non-hydrogen) atoms. The number of hydrogen-bond donors (Lipinski definition) is 4. The third-order valence-electron chi connectivity index (χ3n) is 7.51. The van der Waals surface area contributed by atoms with Crippen LogP contribution in [0.1, 0.15) is 48.5 Å². The summed E-state index contributed by atoms with van der Waals surface area (Å²) in [4.78, 5) is 19.0. The Morgan fingerprint density at radius 2 is 1.98 bits per heavy atom. The Balaban J connectivity index is 1.47. The number of fused-ring (bicyclic) bond motifs is 1. The fourth-order valence-corrected chi connectivity index (χ4v) is 5.18. The van der Waals surface area contributed by atoms with Gasteiger partial charge in [0.2, 0.25) is 5.91 Å². The molecule has 212 valence electrons. The molecule has 3 aromatic rings. The number of ether oxygens (including phenoxy) is 1. The number of aromatic nitrogens is 1. The third kappa shape index (κ3) is 6.21. The highest BCUT2D eigenvalue weighted by molar-refractivity contribution is 5.85. The van der Waals surface area contributed by atoms with Gasteiger partial charge in [0.05, 0.1) is 42.9 Å². The van der Waals surface area contributed by atoms with Crippen LogP contribution in [-0.2, 0) is 11.4 Å². The fraction of sp³-hybridized carbons (Fsp3) is 0.379. The van der Waals surface area contributed by atoms with Gasteiger partial charge in [-0.05, 0) is 55.5 Å². The van der Waals surface area contributed by atoms with Crippen LogP contribution in [0.2, 0.25) is 0 Å². The molecule has 0 aliphatic carbocycles. The minimum atomic E-state index is -1.31. The Kier molecular flexibility index (Phi) is 9.27. The molecule has 1 saturated heterocycles. The highest BCUT2D eigenvalue weighted by Crippen LogP contribution is 2.40. The molecule has 0 bridgehead atoms. The van der Waals surface area contributed by atoms with Crippen molar-refractivity contribution in [2.24, 2.45) is 5.41 Å². The lowest BCUT2D eigenvalue weighted by atomic mass is 9.73. The number of benzene rings is 2. The Bertz CT molecular complexity index is 1440. The maximum absolute atomic E-state index is 13.9. The molecule has 0 spiro atoms. The number of hydrogen-bond acceptors (Lipinski definition) is 7. The number of likely N-dealkylation sites (tertiary alicyclic amines) is 1. The number of carbonyl (C=O) groups is 1. The van der Waals surface area contributed by atoms with Crippen LogP contribution in [0.4, 0.5) is 13.2 Å². The average molecular weight is 558 g/mol. The van der Waals surface area contributed by atoms with Crippen molar-refractivity contribution in [3.63, 3.8) is 0 Å². The van der Waals surface area contributed by atoms with Gasteiger partial charge in [0.1, 0.15) is 11.6 Å². The van der Waals surface area contributed by atoms with Gasteiger partial charge in [-0.25, -0.2) is 18.7 Å². The summed E-state index contributed by atoms with van der Waals surface area (Å²) in [5.41, 5.74) is 1.98. The Morgan fingerprint density at radius 1 is 1.23 bits per heavy atom. The van der Waals surface area contributed by atoms with E-state index in [9.17, 15) is 33.4 Å². The number of piperidine rings is 1. The highest BCUT2D eigenvalue weighted by Gasteiger charge is 2.41. The van der Waals surface area contributed by atoms with Gasteiger partial charge in [0.25, 0.3) is 0 Å². The van der Waals surface area contributed by atoms with Crippen LogP contribution in [0.25, 0.3) is 10.9 Å². The van der Waals surface area contributed by atoms with Gasteiger partial charge in [-0.1, -0.05) is 11.8 Å². The first-order valence-electron chi connectivity index (χ1n) is 12.8. The predicted octanol–water partition coefficient (Wildman–Crippen LogP) is 3.61. The molecule has 1 aliphatic heterocycles. The topological polar surface area (TPSA) is 115 Å². The number of methoxy groups -OCH3 is 1. The molecule has 1 atom stereocenters. The number of pyridine rings is 1. The van der Waals surface area contributed by atoms with Gasteiger partial charge in [0.15, 0.2) is 11.6 Å². The zero-order chi connectivity index (χ0) is 28.9. The van der Waals surface area contributed by atoms with Crippen molar-refractivity contribution < 1.29 is 38.1 Å². The molecule has 0 saturated carbocycles. The number of amides is 1. The molecule has 1 amide bonds. The van der Waals surface area contributed by atoms with Crippen LogP contribution in [0.3, 0.4) is 0 Å². The van der Waals surface area contributed by atoms with Gasteiger partial charge in [-0.3, -0.25) is 19.9 Å². The molecular weight excluding hydrogens is 527 g/mol. The standard InChI is InChI=1S/C29H30F3N3O5/c1-40-21-4-5-24-22(15-21)26(19(17-36)16-33-24)25(37)6-7-29(28(38)34-39)8-11-35(12-9-29)10-2-3-18-13-20(30)14-23(31)27(18)32/h4-5,13-16,25,36-37,39H,6-12,17H2,1H3,(H,34,38)/t25-/m1/s1. The molecule has 4 N–H and O–H groups in total. The minimum Gasteiger partial charge on any atom is -0.497 e. The first-order chi connectivity index (χ1) is 19.2. The normalized spacial score (nSPS) is 15.8. The molecule has 0 radical (unpaired) electrons. The Morgan fingerprint density at radius 3 is 2.65 bits per heavy atom. The van der Waals surface area contributed by atoms with E-state index < -0.39 is 34.9 Å². The third-order valence-corrected chi connectivity index (χ3v) is 7.51. The monoisotopic (exact) mass is 557 g/mol. The van der Waals surface area contributed by atoms with Crippen LogP contribution in [0.15, 0.2) is 36.5 Å². The fourth-order valence-electron chi connectivity index (χ4n) is 5.18. The van der Waals surface area contributed by atoms with Crippen molar-refractivity contribution in [1.82, 2.24) is 15.4 Å². The summed E-state index contributed by atoms with van der Waals surface area (Å²) in [6, 6.07) is 6.51. The molecule has 0 unspecified atom stereocenters. The van der Waals surface area contributed by atoms with Crippen molar-refractivity contribution in [2.75, 3.05) is 26.7 Å². The summed E-state index contributed by atoms with van der Waals surface area (Å²) in [5, 5.41) is 31.2. The Labute approximate surface area is 229 Å². The number of halogens is 3. The van der Waals surface area contributed by atoms with E-state index in [0.29, 0.717) is 59.8 Å². The highest BCUT2D eigenvalue weighted by atomic mass is 19.2. The number of rotatable bonds is 8. The van der Waals surface area contributed by atoms with E-state index in [1.54, 1.807) is 23.7 Å². The lowest BCUT2D eigenvalue weighted by molar-refractivity contribution is -0.143. The zero-order valence-electron chi connectivity index (χ0n) is 21.9. The number of carbonyl (C=O) groups excluding carboxylic acids is 1. The van der Waals surface area contributed by atoms with Gasteiger partial charge < -0.3 is 14.9 Å². The summed E-state index contributed by atoms with van der Waals surface area (Å²) in [7, 11) is 1.52. The quantitative estimate of drug-likeness (QED) is 0.145. The van der Waals surface area contributed by atoms with E-state index in [4.69, 9.17) is 4.74 Å². The summed E-state index contributed by atoms with van der Waals surface area (Å²) in [6.45, 7) is 0.670. The maximum atomic E-state index is 13.9. The van der Waals surface area contributed by atoms with Crippen LogP contribution in [0.5, 0.6) is 5.75 Å². The van der Waals surface area contributed by atoms with Crippen LogP contribution >= 0.6 is 0 Å². The lowest BCUT2D eigenvalue weighted by Crippen LogP contribution is -2.48. The second-order valence-corrected chi connectivity index (χ2v) is 9.84. The van der Waals surface area contributed by atoms with Gasteiger partial charge in [-0.15, -0.1) is 0 Å². The van der Waals surface area contributed by atoms with Crippen LogP contribution < -0.4 is 10.2 Å². The first kappa shape index (κ1) is 29.3. The minimum absolute atomic E-state index is 0.168. The number of aliphatic hydroxyl groups excluding tert-OH is 2. The van der Waals surface area contributed by atoms with E-state index in [0.717, 1.165) is 6.07 Å². The van der Waals surface area contributed by atoms with Crippen molar-refractivity contribution in [1.29, 1.82) is 0 Å². The molecule has 1 aliphatic rings. The Hall–Kier alpha value is -3.69. The lowest BCUT2D eigenvalue weighted by Gasteiger charge is -2.40. The van der Waals surface area contributed by atoms with Crippen molar-refractivity contribution >= 4 is 16.8 Å². The van der Waals surface area contributed by atoms with Gasteiger partial charge >= 0.3 is 0 Å². The molecule has 4 rings (SSSR count). The summed E-state index contributed by atoms with van der Waals surface area (Å²) in [6.07, 6.45) is 1.57. The van der Waals surface area contributed by atoms with Crippen molar-refractivity contribution in [2.45, 2.75) is 38.4 Å². The number of aliphatic hydroxyl groups is 2. The van der Waals surface area contributed by atoms with E-state index in [1.165, 1.54) is 13.3 Å². The molecule has 1 fully saturated rings. The molecular formula is C29H30F3N3O5. The smallest absolute Gasteiger partial charge is 0.249 e. The number of nitrogens with one attached hydrogen (secondary N) is 1. The van der Waals surface area contributed by atoms with E-state index in [1.807, 2.05) is 4.90 Å². The SMILES string of the molecule is COc1ccc2ncc(CO)c([C@H](O)CCC3(C(=O)NO)CCN(CC#Cc4cc(F)cc(F)c4F)CC3)c2c1. The average Bonchev–Trinajstić information content (AvgIpc) is 2.97. The van der Waals surface area contributed by atoms with Crippen LogP contribution in [0, 0.1) is 34.7 Å². The first-order valence-corrected chi connectivity index (χ1v) is 12.8. The summed E-state index contributed by atoms with van der Waals surface area (Å²) >= 11 is 0. The summed E-state index contributed by atoms with van der Waals surface area (Å²) in [5.74, 6) is 1.73. The van der Waals surface area contributed by atoms with Gasteiger partial charge in [0, 0.05) is 36.3 Å². The number of hydroxylamine groups is 1. The second kappa shape index (κ2) is 12.7. The van der Waals surface area contributed by atoms with Crippen LogP contribution in [-0.4, -0.2) is 58.0 Å².